The van der Waals surface area contributed by atoms with Crippen molar-refractivity contribution < 1.29 is 0 Å². The zero-order valence-corrected chi connectivity index (χ0v) is 11.8. The summed E-state index contributed by atoms with van der Waals surface area (Å²) in [5, 5.41) is 3.32. The van der Waals surface area contributed by atoms with Gasteiger partial charge in [0, 0.05) is 18.4 Å². The highest BCUT2D eigenvalue weighted by atomic mass is 28.3. The fraction of sp³-hybridized carbons (Fsp3) is 0.333. The van der Waals surface area contributed by atoms with Crippen LogP contribution in [-0.2, 0) is 0 Å². The smallest absolute Gasteiger partial charge is 0.112 e. The molecule has 1 nitrogen and oxygen atoms in total. The largest absolute Gasteiger partial charge is 0.345 e. The standard InChI is InChI=1S/C15H19NSi/c1-16-12-8-4-6-10-14(12)17(2,3)15-11-7-5-9-13(15)16/h4-6,8-10H,7,11H2,1-3H3. The monoisotopic (exact) mass is 241 g/mol. The van der Waals surface area contributed by atoms with E-state index in [0.717, 1.165) is 0 Å². The summed E-state index contributed by atoms with van der Waals surface area (Å²) in [5.41, 5.74) is 2.88. The fourth-order valence-electron chi connectivity index (χ4n) is 3.19. The Balaban J connectivity index is 2.26. The molecule has 0 fully saturated rings. The summed E-state index contributed by atoms with van der Waals surface area (Å²) in [6, 6.07) is 8.93. The molecule has 1 aromatic carbocycles. The molecule has 0 saturated heterocycles. The molecular weight excluding hydrogens is 222 g/mol. The van der Waals surface area contributed by atoms with Gasteiger partial charge in [0.05, 0.1) is 0 Å². The molecule has 0 amide bonds. The van der Waals surface area contributed by atoms with E-state index in [4.69, 9.17) is 0 Å². The molecule has 0 bridgehead atoms. The molecule has 1 aliphatic carbocycles. The Labute approximate surface area is 104 Å². The lowest BCUT2D eigenvalue weighted by Crippen LogP contribution is -2.51. The van der Waals surface area contributed by atoms with E-state index in [1.54, 1.807) is 10.4 Å². The summed E-state index contributed by atoms with van der Waals surface area (Å²) in [6.07, 6.45) is 7.10. The molecule has 17 heavy (non-hydrogen) atoms. The third-order valence-corrected chi connectivity index (χ3v) is 7.98. The van der Waals surface area contributed by atoms with Crippen LogP contribution >= 0.6 is 0 Å². The Hall–Kier alpha value is -1.28. The summed E-state index contributed by atoms with van der Waals surface area (Å²) in [7, 11) is 0.773. The Morgan fingerprint density at radius 3 is 2.76 bits per heavy atom. The maximum atomic E-state index is 2.49. The van der Waals surface area contributed by atoms with E-state index in [0.29, 0.717) is 0 Å². The van der Waals surface area contributed by atoms with E-state index in [9.17, 15) is 0 Å². The van der Waals surface area contributed by atoms with Crippen LogP contribution in [0.1, 0.15) is 12.8 Å². The zero-order valence-electron chi connectivity index (χ0n) is 10.8. The normalized spacial score (nSPS) is 21.2. The van der Waals surface area contributed by atoms with Crippen LogP contribution < -0.4 is 10.1 Å². The van der Waals surface area contributed by atoms with E-state index in [1.807, 2.05) is 0 Å². The van der Waals surface area contributed by atoms with Gasteiger partial charge < -0.3 is 4.90 Å². The molecule has 2 heteroatoms. The molecule has 0 spiro atoms. The van der Waals surface area contributed by atoms with Gasteiger partial charge in [0.15, 0.2) is 0 Å². The van der Waals surface area contributed by atoms with Gasteiger partial charge in [-0.3, -0.25) is 0 Å². The quantitative estimate of drug-likeness (QED) is 0.631. The summed E-state index contributed by atoms with van der Waals surface area (Å²) < 4.78 is 0. The third kappa shape index (κ3) is 1.44. The van der Waals surface area contributed by atoms with Crippen molar-refractivity contribution in [3.63, 3.8) is 0 Å². The zero-order chi connectivity index (χ0) is 12.0. The van der Waals surface area contributed by atoms with Crippen molar-refractivity contribution in [3.8, 4) is 0 Å². The molecule has 1 heterocycles. The minimum absolute atomic E-state index is 1.21. The van der Waals surface area contributed by atoms with Gasteiger partial charge in [0.25, 0.3) is 0 Å². The first-order chi connectivity index (χ1) is 8.12. The van der Waals surface area contributed by atoms with E-state index in [-0.39, 0.29) is 0 Å². The third-order valence-electron chi connectivity index (χ3n) is 4.20. The Kier molecular flexibility index (Phi) is 2.30. The van der Waals surface area contributed by atoms with E-state index >= 15 is 0 Å². The number of nitrogens with zero attached hydrogens (tertiary/aromatic N) is 1. The topological polar surface area (TPSA) is 3.24 Å². The summed E-state index contributed by atoms with van der Waals surface area (Å²) >= 11 is 0. The van der Waals surface area contributed by atoms with Gasteiger partial charge in [-0.15, -0.1) is 0 Å². The molecule has 1 aromatic rings. The number of likely N-dealkylation sites (N-methyl/N-ethyl adjacent to an activating group) is 1. The molecule has 1 aliphatic heterocycles. The lowest BCUT2D eigenvalue weighted by atomic mass is 10.1. The second-order valence-corrected chi connectivity index (χ2v) is 9.90. The van der Waals surface area contributed by atoms with Crippen LogP contribution in [0.25, 0.3) is 0 Å². The molecule has 0 aromatic heterocycles. The van der Waals surface area contributed by atoms with Crippen LogP contribution in [0.5, 0.6) is 0 Å². The second-order valence-electron chi connectivity index (χ2n) is 5.51. The van der Waals surface area contributed by atoms with Crippen molar-refractivity contribution in [2.24, 2.45) is 0 Å². The number of hydrogen-bond donors (Lipinski definition) is 0. The average Bonchev–Trinajstić information content (AvgIpc) is 2.37. The molecular formula is C15H19NSi. The predicted octanol–water partition coefficient (Wildman–Crippen LogP) is 3.20. The number of anilines is 1. The lowest BCUT2D eigenvalue weighted by molar-refractivity contribution is 0.947. The average molecular weight is 241 g/mol. The highest BCUT2D eigenvalue weighted by Gasteiger charge is 2.38. The van der Waals surface area contributed by atoms with Gasteiger partial charge in [0.2, 0.25) is 0 Å². The van der Waals surface area contributed by atoms with E-state index in [2.05, 4.69) is 61.5 Å². The van der Waals surface area contributed by atoms with E-state index in [1.165, 1.54) is 24.2 Å². The van der Waals surface area contributed by atoms with Crippen molar-refractivity contribution in [1.29, 1.82) is 0 Å². The van der Waals surface area contributed by atoms with Crippen LogP contribution in [0.2, 0.25) is 13.1 Å². The molecule has 2 aliphatic rings. The van der Waals surface area contributed by atoms with E-state index < -0.39 is 8.07 Å². The number of benzene rings is 1. The van der Waals surface area contributed by atoms with Gasteiger partial charge in [-0.2, -0.15) is 0 Å². The minimum atomic E-state index is -1.43. The Bertz CT molecular complexity index is 525. The first kappa shape index (κ1) is 10.8. The van der Waals surface area contributed by atoms with Crippen molar-refractivity contribution in [3.05, 3.63) is 47.3 Å². The predicted molar refractivity (Wildman–Crippen MR) is 77.4 cm³/mol. The van der Waals surface area contributed by atoms with Gasteiger partial charge in [-0.25, -0.2) is 0 Å². The highest BCUT2D eigenvalue weighted by Crippen LogP contribution is 2.36. The Morgan fingerprint density at radius 1 is 1.18 bits per heavy atom. The summed E-state index contributed by atoms with van der Waals surface area (Å²) in [4.78, 5) is 2.37. The van der Waals surface area contributed by atoms with Gasteiger partial charge in [-0.05, 0) is 30.2 Å². The van der Waals surface area contributed by atoms with Gasteiger partial charge in [-0.1, -0.05) is 42.6 Å². The number of allylic oxidation sites excluding steroid dienone is 3. The van der Waals surface area contributed by atoms with Crippen LogP contribution in [0.3, 0.4) is 0 Å². The number of rotatable bonds is 0. The molecule has 88 valence electrons. The van der Waals surface area contributed by atoms with Crippen LogP contribution in [0.4, 0.5) is 5.69 Å². The van der Waals surface area contributed by atoms with Gasteiger partial charge >= 0.3 is 0 Å². The van der Waals surface area contributed by atoms with Crippen LogP contribution in [-0.4, -0.2) is 15.1 Å². The van der Waals surface area contributed by atoms with Crippen molar-refractivity contribution >= 4 is 18.9 Å². The summed E-state index contributed by atoms with van der Waals surface area (Å²) in [5.74, 6) is 0. The number of para-hydroxylation sites is 1. The first-order valence-corrected chi connectivity index (χ1v) is 9.36. The summed E-state index contributed by atoms with van der Waals surface area (Å²) in [6.45, 7) is 4.99. The Morgan fingerprint density at radius 2 is 1.94 bits per heavy atom. The van der Waals surface area contributed by atoms with Crippen molar-refractivity contribution in [2.75, 3.05) is 11.9 Å². The van der Waals surface area contributed by atoms with Gasteiger partial charge in [0.1, 0.15) is 8.07 Å². The minimum Gasteiger partial charge on any atom is -0.345 e. The molecule has 0 atom stereocenters. The SMILES string of the molecule is CN1C2=C(CCC=C2)[Si](C)(C)c2ccccc21. The lowest BCUT2D eigenvalue weighted by Gasteiger charge is -2.41. The molecule has 3 rings (SSSR count). The van der Waals surface area contributed by atoms with Crippen LogP contribution in [0, 0.1) is 0 Å². The first-order valence-electron chi connectivity index (χ1n) is 6.36. The highest BCUT2D eigenvalue weighted by molar-refractivity contribution is 6.97. The fourth-order valence-corrected chi connectivity index (χ4v) is 6.58. The molecule has 0 radical (unpaired) electrons. The van der Waals surface area contributed by atoms with Crippen molar-refractivity contribution in [2.45, 2.75) is 25.9 Å². The second kappa shape index (κ2) is 3.60. The molecule has 0 saturated carbocycles. The number of hydrogen-bond acceptors (Lipinski definition) is 1. The van der Waals surface area contributed by atoms with Crippen molar-refractivity contribution in [1.82, 2.24) is 0 Å². The number of fused-ring (bicyclic) bond motifs is 1. The maximum Gasteiger partial charge on any atom is 0.112 e. The molecule has 0 unspecified atom stereocenters. The van der Waals surface area contributed by atoms with Crippen LogP contribution in [0.15, 0.2) is 47.3 Å². The molecule has 0 N–H and O–H groups in total. The maximum absolute atomic E-state index is 2.49.